The minimum absolute atomic E-state index is 0.120. The van der Waals surface area contributed by atoms with Crippen LogP contribution in [0.2, 0.25) is 0 Å². The van der Waals surface area contributed by atoms with Crippen molar-refractivity contribution < 1.29 is 70.9 Å². The maximum absolute atomic E-state index is 12.6. The third-order valence-corrected chi connectivity index (χ3v) is 9.15. The Kier molecular flexibility index (Phi) is 13.1. The van der Waals surface area contributed by atoms with E-state index in [1.807, 2.05) is 12.1 Å². The number of carbonyl (C=O) groups is 4. The van der Waals surface area contributed by atoms with Crippen molar-refractivity contribution in [2.45, 2.75) is 37.9 Å². The molecule has 8 rings (SSSR count). The lowest BCUT2D eigenvalue weighted by atomic mass is 10.1. The summed E-state index contributed by atoms with van der Waals surface area (Å²) < 4.78 is 58.9. The van der Waals surface area contributed by atoms with E-state index in [0.29, 0.717) is 68.4 Å². The SMILES string of the molecule is O=C(Oc1ccc(OCCCCOc2ccc(OC(=O)c3cc(C(=O)Oc4ccc(OCC5CO5)cc4)no3)cc2)cc1)c1cc(C(=O)Oc2ccc(CCC3CO3)cc2)on1. The van der Waals surface area contributed by atoms with Crippen molar-refractivity contribution in [1.29, 1.82) is 0 Å². The van der Waals surface area contributed by atoms with Gasteiger partial charge in [0.15, 0.2) is 11.4 Å². The lowest BCUT2D eigenvalue weighted by Crippen LogP contribution is -2.10. The highest BCUT2D eigenvalue weighted by Crippen LogP contribution is 2.24. The third-order valence-electron chi connectivity index (χ3n) is 9.15. The number of benzene rings is 4. The first kappa shape index (κ1) is 41.2. The minimum Gasteiger partial charge on any atom is -0.494 e. The summed E-state index contributed by atoms with van der Waals surface area (Å²) in [6.07, 6.45) is 3.66. The fraction of sp³-hybridized carbons (Fsp3) is 0.244. The summed E-state index contributed by atoms with van der Waals surface area (Å²) in [5.74, 6) is -0.993. The highest BCUT2D eigenvalue weighted by molar-refractivity contribution is 5.94. The molecule has 0 N–H and O–H groups in total. The molecular formula is C45H38N2O15. The normalized spacial score (nSPS) is 14.9. The highest BCUT2D eigenvalue weighted by atomic mass is 16.6. The van der Waals surface area contributed by atoms with E-state index in [-0.39, 0.29) is 46.3 Å². The predicted octanol–water partition coefficient (Wildman–Crippen LogP) is 6.89. The number of carbonyl (C=O) groups excluding carboxylic acids is 4. The van der Waals surface area contributed by atoms with Crippen LogP contribution in [0, 0.1) is 0 Å². The van der Waals surface area contributed by atoms with E-state index in [4.69, 9.17) is 51.7 Å². The van der Waals surface area contributed by atoms with Crippen molar-refractivity contribution in [3.05, 3.63) is 138 Å². The second kappa shape index (κ2) is 19.7. The molecule has 318 valence electrons. The molecule has 2 unspecified atom stereocenters. The van der Waals surface area contributed by atoms with Gasteiger partial charge in [0.05, 0.1) is 32.5 Å². The molecule has 2 atom stereocenters. The molecule has 4 aromatic carbocycles. The van der Waals surface area contributed by atoms with Gasteiger partial charge in [0.2, 0.25) is 11.5 Å². The van der Waals surface area contributed by atoms with Crippen molar-refractivity contribution in [3.8, 4) is 40.2 Å². The first-order valence-corrected chi connectivity index (χ1v) is 19.6. The Labute approximate surface area is 353 Å². The van der Waals surface area contributed by atoms with Crippen LogP contribution in [0.25, 0.3) is 0 Å². The van der Waals surface area contributed by atoms with Crippen molar-refractivity contribution in [2.24, 2.45) is 0 Å². The van der Waals surface area contributed by atoms with Crippen LogP contribution in [0.3, 0.4) is 0 Å². The number of esters is 4. The number of rotatable bonds is 21. The van der Waals surface area contributed by atoms with Crippen molar-refractivity contribution in [3.63, 3.8) is 0 Å². The van der Waals surface area contributed by atoms with Crippen LogP contribution in [0.4, 0.5) is 0 Å². The van der Waals surface area contributed by atoms with Gasteiger partial charge in [-0.3, -0.25) is 0 Å². The van der Waals surface area contributed by atoms with Crippen LogP contribution in [0.1, 0.15) is 66.9 Å². The Morgan fingerprint density at radius 2 is 0.855 bits per heavy atom. The van der Waals surface area contributed by atoms with E-state index in [1.165, 1.54) is 0 Å². The largest absolute Gasteiger partial charge is 0.494 e. The zero-order valence-corrected chi connectivity index (χ0v) is 32.9. The third kappa shape index (κ3) is 12.0. The van der Waals surface area contributed by atoms with Gasteiger partial charge in [-0.2, -0.15) is 0 Å². The molecule has 62 heavy (non-hydrogen) atoms. The second-order valence-corrected chi connectivity index (χ2v) is 13.9. The Morgan fingerprint density at radius 1 is 0.484 bits per heavy atom. The Balaban J connectivity index is 0.690. The molecule has 2 aromatic heterocycles. The Hall–Kier alpha value is -7.50. The summed E-state index contributed by atoms with van der Waals surface area (Å²) >= 11 is 0. The van der Waals surface area contributed by atoms with Gasteiger partial charge in [-0.1, -0.05) is 22.4 Å². The summed E-state index contributed by atoms with van der Waals surface area (Å²) in [6.45, 7) is 2.77. The van der Waals surface area contributed by atoms with Gasteiger partial charge >= 0.3 is 23.9 Å². The number of hydrogen-bond acceptors (Lipinski definition) is 17. The second-order valence-electron chi connectivity index (χ2n) is 13.9. The molecule has 17 nitrogen and oxygen atoms in total. The monoisotopic (exact) mass is 846 g/mol. The van der Waals surface area contributed by atoms with Crippen LogP contribution in [-0.4, -0.2) is 79.4 Å². The zero-order chi connectivity index (χ0) is 42.7. The molecule has 4 heterocycles. The van der Waals surface area contributed by atoms with E-state index >= 15 is 0 Å². The Morgan fingerprint density at radius 3 is 1.27 bits per heavy atom. The smallest absolute Gasteiger partial charge is 0.382 e. The fourth-order valence-electron chi connectivity index (χ4n) is 5.60. The number of epoxide rings is 2. The molecule has 0 aliphatic carbocycles. The minimum atomic E-state index is -0.850. The quantitative estimate of drug-likeness (QED) is 0.0312. The number of hydrogen-bond donors (Lipinski definition) is 0. The topological polar surface area (TPSA) is 210 Å². The summed E-state index contributed by atoms with van der Waals surface area (Å²) in [7, 11) is 0. The first-order valence-electron chi connectivity index (χ1n) is 19.6. The van der Waals surface area contributed by atoms with Gasteiger partial charge in [0.25, 0.3) is 0 Å². The molecule has 17 heteroatoms. The van der Waals surface area contributed by atoms with Gasteiger partial charge in [-0.25, -0.2) is 19.2 Å². The summed E-state index contributed by atoms with van der Waals surface area (Å²) in [5, 5.41) is 7.27. The van der Waals surface area contributed by atoms with Crippen LogP contribution in [0.5, 0.6) is 40.2 Å². The molecule has 0 amide bonds. The molecule has 0 saturated carbocycles. The molecule has 6 aromatic rings. The zero-order valence-electron chi connectivity index (χ0n) is 32.9. The molecule has 2 fully saturated rings. The average molecular weight is 847 g/mol. The van der Waals surface area contributed by atoms with E-state index in [0.717, 1.165) is 37.1 Å². The van der Waals surface area contributed by atoms with Crippen LogP contribution in [0.15, 0.2) is 118 Å². The average Bonchev–Trinajstić information content (AvgIpc) is 4.20. The molecule has 2 aliphatic heterocycles. The molecular weight excluding hydrogens is 808 g/mol. The maximum atomic E-state index is 12.6. The number of unbranched alkanes of at least 4 members (excludes halogenated alkanes) is 1. The van der Waals surface area contributed by atoms with Gasteiger partial charge in [0, 0.05) is 12.1 Å². The van der Waals surface area contributed by atoms with E-state index in [2.05, 4.69) is 10.3 Å². The predicted molar refractivity (Wildman–Crippen MR) is 212 cm³/mol. The first-order chi connectivity index (χ1) is 30.3. The molecule has 2 saturated heterocycles. The number of aryl methyl sites for hydroxylation is 1. The summed E-state index contributed by atoms with van der Waals surface area (Å²) in [6, 6.07) is 28.8. The number of ether oxygens (including phenoxy) is 9. The lowest BCUT2D eigenvalue weighted by molar-refractivity contribution is 0.0679. The maximum Gasteiger partial charge on any atom is 0.382 e. The van der Waals surface area contributed by atoms with Crippen molar-refractivity contribution in [1.82, 2.24) is 10.3 Å². The Bertz CT molecular complexity index is 2280. The van der Waals surface area contributed by atoms with E-state index < -0.39 is 23.9 Å². The number of aromatic nitrogens is 2. The molecule has 0 bridgehead atoms. The van der Waals surface area contributed by atoms with Crippen molar-refractivity contribution >= 4 is 23.9 Å². The van der Waals surface area contributed by atoms with Gasteiger partial charge in [0.1, 0.15) is 53.0 Å². The van der Waals surface area contributed by atoms with E-state index in [1.54, 1.807) is 84.9 Å². The van der Waals surface area contributed by atoms with Crippen LogP contribution < -0.4 is 33.2 Å². The molecule has 0 radical (unpaired) electrons. The van der Waals surface area contributed by atoms with Gasteiger partial charge < -0.3 is 51.7 Å². The van der Waals surface area contributed by atoms with Gasteiger partial charge in [-0.15, -0.1) is 0 Å². The highest BCUT2D eigenvalue weighted by Gasteiger charge is 2.25. The van der Waals surface area contributed by atoms with Crippen LogP contribution in [-0.2, 0) is 15.9 Å². The summed E-state index contributed by atoms with van der Waals surface area (Å²) in [4.78, 5) is 50.3. The van der Waals surface area contributed by atoms with Crippen molar-refractivity contribution in [2.75, 3.05) is 33.0 Å². The van der Waals surface area contributed by atoms with E-state index in [9.17, 15) is 19.2 Å². The molecule has 0 spiro atoms. The number of nitrogens with zero attached hydrogens (tertiary/aromatic N) is 2. The standard InChI is InChI=1S/C45H38N2O15/c48-42(38-23-40(61-46-38)44(50)59-32-6-3-28(4-7-32)5-8-36-25-55-36)57-33-15-9-29(10-16-33)52-21-1-2-22-53-30-11-17-35(18-12-30)60-45(51)41-24-39(47-62-41)43(49)58-34-19-13-31(14-20-34)54-26-37-27-56-37/h3-4,6-7,9-20,23-24,36-37H,1-2,5,8,21-22,25-27H2. The lowest BCUT2D eigenvalue weighted by Gasteiger charge is -2.09. The molecule has 2 aliphatic rings. The fourth-order valence-corrected chi connectivity index (χ4v) is 5.60. The van der Waals surface area contributed by atoms with Crippen LogP contribution >= 0.6 is 0 Å². The van der Waals surface area contributed by atoms with Gasteiger partial charge in [-0.05, 0) is 116 Å². The summed E-state index contributed by atoms with van der Waals surface area (Å²) in [5.41, 5.74) is 0.708.